The Balaban J connectivity index is 2.39. The van der Waals surface area contributed by atoms with Crippen LogP contribution in [0.25, 0.3) is 0 Å². The smallest absolute Gasteiger partial charge is 0.264 e. The number of anilines is 1. The van der Waals surface area contributed by atoms with E-state index in [0.29, 0.717) is 20.3 Å². The predicted molar refractivity (Wildman–Crippen MR) is 81.8 cm³/mol. The Morgan fingerprint density at radius 3 is 2.58 bits per heavy atom. The maximum atomic E-state index is 12.2. The van der Waals surface area contributed by atoms with Crippen LogP contribution in [-0.4, -0.2) is 13.4 Å². The zero-order chi connectivity index (χ0) is 14.2. The van der Waals surface area contributed by atoms with E-state index in [1.54, 1.807) is 19.1 Å². The normalized spacial score (nSPS) is 11.6. The highest BCUT2D eigenvalue weighted by molar-refractivity contribution is 9.10. The minimum absolute atomic E-state index is 0.0357. The summed E-state index contributed by atoms with van der Waals surface area (Å²) in [6, 6.07) is 4.58. The summed E-state index contributed by atoms with van der Waals surface area (Å²) in [5, 5.41) is 0. The van der Waals surface area contributed by atoms with Crippen LogP contribution in [0.1, 0.15) is 5.69 Å². The number of thiophene rings is 1. The highest BCUT2D eigenvalue weighted by Gasteiger charge is 2.21. The number of pyridine rings is 1. The number of halogens is 3. The first-order valence-corrected chi connectivity index (χ1v) is 8.75. The van der Waals surface area contributed by atoms with Crippen LogP contribution in [0.4, 0.5) is 5.69 Å². The van der Waals surface area contributed by atoms with E-state index < -0.39 is 10.0 Å². The van der Waals surface area contributed by atoms with Crippen LogP contribution in [0.15, 0.2) is 27.7 Å². The maximum Gasteiger partial charge on any atom is 0.264 e. The van der Waals surface area contributed by atoms with Crippen molar-refractivity contribution in [2.24, 2.45) is 0 Å². The van der Waals surface area contributed by atoms with Gasteiger partial charge in [-0.2, -0.15) is 0 Å². The highest BCUT2D eigenvalue weighted by Crippen LogP contribution is 2.35. The Bertz CT molecular complexity index is 731. The first-order valence-electron chi connectivity index (χ1n) is 4.90. The fourth-order valence-corrected chi connectivity index (χ4v) is 5.01. The third-order valence-corrected chi connectivity index (χ3v) is 5.77. The van der Waals surface area contributed by atoms with Crippen LogP contribution in [0.3, 0.4) is 0 Å². The van der Waals surface area contributed by atoms with Crippen LogP contribution in [0.5, 0.6) is 0 Å². The molecule has 0 aliphatic carbocycles. The molecule has 0 saturated carbocycles. The summed E-state index contributed by atoms with van der Waals surface area (Å²) in [7, 11) is -3.77. The van der Waals surface area contributed by atoms with Crippen molar-refractivity contribution in [3.8, 4) is 0 Å². The number of rotatable bonds is 3. The minimum atomic E-state index is -3.77. The van der Waals surface area contributed by atoms with Gasteiger partial charge in [-0.3, -0.25) is 4.72 Å². The van der Waals surface area contributed by atoms with E-state index >= 15 is 0 Å². The maximum absolute atomic E-state index is 12.2. The van der Waals surface area contributed by atoms with Crippen LogP contribution in [0, 0.1) is 6.92 Å². The van der Waals surface area contributed by atoms with Crippen molar-refractivity contribution in [1.29, 1.82) is 0 Å². The second kappa shape index (κ2) is 5.57. The van der Waals surface area contributed by atoms with Gasteiger partial charge < -0.3 is 0 Å². The van der Waals surface area contributed by atoms with Gasteiger partial charge in [0.2, 0.25) is 0 Å². The van der Waals surface area contributed by atoms with Gasteiger partial charge in [0, 0.05) is 0 Å². The fraction of sp³-hybridized carbons (Fsp3) is 0.100. The highest BCUT2D eigenvalue weighted by atomic mass is 79.9. The first-order chi connectivity index (χ1) is 8.79. The zero-order valence-electron chi connectivity index (χ0n) is 9.45. The molecule has 0 aromatic carbocycles. The lowest BCUT2D eigenvalue weighted by Gasteiger charge is -2.09. The molecule has 2 aromatic rings. The molecule has 1 N–H and O–H groups in total. The zero-order valence-corrected chi connectivity index (χ0v) is 14.2. The molecule has 2 rings (SSSR count). The quantitative estimate of drug-likeness (QED) is 0.779. The Morgan fingerprint density at radius 2 is 2.05 bits per heavy atom. The Kier molecular flexibility index (Phi) is 4.42. The summed E-state index contributed by atoms with van der Waals surface area (Å²) in [5.41, 5.74) is 0.942. The molecule has 0 saturated heterocycles. The van der Waals surface area contributed by atoms with Crippen molar-refractivity contribution in [3.05, 3.63) is 37.2 Å². The molecule has 0 radical (unpaired) electrons. The van der Waals surface area contributed by atoms with E-state index in [2.05, 4.69) is 25.6 Å². The van der Waals surface area contributed by atoms with Crippen LogP contribution < -0.4 is 4.72 Å². The summed E-state index contributed by atoms with van der Waals surface area (Å²) in [6.07, 6.45) is 0. The molecule has 0 spiro atoms. The van der Waals surface area contributed by atoms with Crippen molar-refractivity contribution in [2.75, 3.05) is 4.72 Å². The van der Waals surface area contributed by atoms with Gasteiger partial charge >= 0.3 is 0 Å². The lowest BCUT2D eigenvalue weighted by atomic mass is 10.3. The molecule has 0 aliphatic heterocycles. The molecule has 2 aromatic heterocycles. The molecule has 19 heavy (non-hydrogen) atoms. The van der Waals surface area contributed by atoms with Gasteiger partial charge in [0.15, 0.2) is 0 Å². The Labute approximate surface area is 132 Å². The van der Waals surface area contributed by atoms with Gasteiger partial charge in [-0.15, -0.1) is 11.3 Å². The van der Waals surface area contributed by atoms with Gasteiger partial charge in [-0.05, 0) is 41.1 Å². The molecular weight excluding hydrogens is 395 g/mol. The molecule has 2 heterocycles. The molecule has 0 bridgehead atoms. The third-order valence-electron chi connectivity index (χ3n) is 2.21. The number of nitrogens with one attached hydrogen (secondary N) is 1. The summed E-state index contributed by atoms with van der Waals surface area (Å²) < 4.78 is 27.9. The number of aryl methyl sites for hydroxylation is 1. The van der Waals surface area contributed by atoms with Gasteiger partial charge in [-0.25, -0.2) is 13.4 Å². The van der Waals surface area contributed by atoms with Gasteiger partial charge in [0.25, 0.3) is 10.0 Å². The van der Waals surface area contributed by atoms with Crippen LogP contribution in [0.2, 0.25) is 8.67 Å². The average molecular weight is 402 g/mol. The predicted octanol–water partition coefficient (Wildman–Crippen LogP) is 4.32. The standard InChI is InChI=1S/C10H7BrCl2N2O2S2/c1-5-6(2-3-8(11)14-5)15-19(16,17)7-4-9(12)18-10(7)13/h2-4,15H,1H3. The number of hydrogen-bond donors (Lipinski definition) is 1. The van der Waals surface area contributed by atoms with Gasteiger partial charge in [-0.1, -0.05) is 23.2 Å². The number of sulfonamides is 1. The SMILES string of the molecule is Cc1nc(Br)ccc1NS(=O)(=O)c1cc(Cl)sc1Cl. The molecule has 0 atom stereocenters. The van der Waals surface area contributed by atoms with E-state index in [1.165, 1.54) is 6.07 Å². The number of nitrogens with zero attached hydrogens (tertiary/aromatic N) is 1. The lowest BCUT2D eigenvalue weighted by molar-refractivity contribution is 0.601. The van der Waals surface area contributed by atoms with Crippen LogP contribution in [-0.2, 0) is 10.0 Å². The first kappa shape index (κ1) is 15.1. The lowest BCUT2D eigenvalue weighted by Crippen LogP contribution is -2.13. The van der Waals surface area contributed by atoms with Crippen molar-refractivity contribution < 1.29 is 8.42 Å². The molecule has 9 heteroatoms. The van der Waals surface area contributed by atoms with Gasteiger partial charge in [0.05, 0.1) is 15.7 Å². The van der Waals surface area contributed by atoms with E-state index in [0.717, 1.165) is 11.3 Å². The van der Waals surface area contributed by atoms with Gasteiger partial charge in [0.1, 0.15) is 13.8 Å². The molecule has 102 valence electrons. The van der Waals surface area contributed by atoms with E-state index in [1.807, 2.05) is 0 Å². The van der Waals surface area contributed by atoms with Crippen molar-refractivity contribution in [1.82, 2.24) is 4.98 Å². The molecule has 4 nitrogen and oxygen atoms in total. The molecule has 0 fully saturated rings. The third kappa shape index (κ3) is 3.41. The van der Waals surface area contributed by atoms with Crippen molar-refractivity contribution >= 4 is 66.2 Å². The summed E-state index contributed by atoms with van der Waals surface area (Å²) in [6.45, 7) is 1.70. The summed E-state index contributed by atoms with van der Waals surface area (Å²) in [4.78, 5) is 4.08. The monoisotopic (exact) mass is 400 g/mol. The largest absolute Gasteiger partial charge is 0.278 e. The molecule has 0 unspecified atom stereocenters. The van der Waals surface area contributed by atoms with Crippen molar-refractivity contribution in [2.45, 2.75) is 11.8 Å². The average Bonchev–Trinajstić information content (AvgIpc) is 2.63. The second-order valence-corrected chi connectivity index (χ2v) is 8.31. The van der Waals surface area contributed by atoms with Crippen LogP contribution >= 0.6 is 50.5 Å². The Morgan fingerprint density at radius 1 is 1.37 bits per heavy atom. The van der Waals surface area contributed by atoms with E-state index in [9.17, 15) is 8.42 Å². The molecule has 0 amide bonds. The second-order valence-electron chi connectivity index (χ2n) is 3.56. The van der Waals surface area contributed by atoms with Crippen molar-refractivity contribution in [3.63, 3.8) is 0 Å². The molecule has 0 aliphatic rings. The topological polar surface area (TPSA) is 59.1 Å². The number of hydrogen-bond acceptors (Lipinski definition) is 4. The van der Waals surface area contributed by atoms with E-state index in [-0.39, 0.29) is 9.23 Å². The fourth-order valence-electron chi connectivity index (χ4n) is 1.35. The summed E-state index contributed by atoms with van der Waals surface area (Å²) >= 11 is 15.8. The minimum Gasteiger partial charge on any atom is -0.278 e. The molecular formula is C10H7BrCl2N2O2S2. The number of aromatic nitrogens is 1. The van der Waals surface area contributed by atoms with E-state index in [4.69, 9.17) is 23.2 Å². The summed E-state index contributed by atoms with van der Waals surface area (Å²) in [5.74, 6) is 0. The Hall–Kier alpha value is -0.340.